The van der Waals surface area contributed by atoms with Crippen LogP contribution in [0.4, 0.5) is 0 Å². The number of amides is 1. The van der Waals surface area contributed by atoms with Crippen LogP contribution >= 0.6 is 34.8 Å². The maximum absolute atomic E-state index is 12.1. The summed E-state index contributed by atoms with van der Waals surface area (Å²) in [4.78, 5) is 13.8. The van der Waals surface area contributed by atoms with Gasteiger partial charge in [-0.3, -0.25) is 4.79 Å². The van der Waals surface area contributed by atoms with Crippen molar-refractivity contribution >= 4 is 40.7 Å². The Balaban J connectivity index is 2.68. The third kappa shape index (κ3) is 5.55. The van der Waals surface area contributed by atoms with Crippen molar-refractivity contribution in [2.75, 3.05) is 19.8 Å². The first-order valence-corrected chi connectivity index (χ1v) is 7.67. The zero-order chi connectivity index (χ0) is 16.0. The van der Waals surface area contributed by atoms with E-state index in [1.165, 1.54) is 12.1 Å². The highest BCUT2D eigenvalue weighted by atomic mass is 35.5. The molecule has 1 aromatic carbocycles. The minimum Gasteiger partial charge on any atom is -0.482 e. The average molecular weight is 355 g/mol. The molecule has 0 aliphatic heterocycles. The Morgan fingerprint density at radius 2 is 1.86 bits per heavy atom. The summed E-state index contributed by atoms with van der Waals surface area (Å²) in [5, 5.41) is 9.80. The number of benzene rings is 1. The lowest BCUT2D eigenvalue weighted by atomic mass is 10.3. The molecule has 1 aromatic rings. The van der Waals surface area contributed by atoms with Crippen molar-refractivity contribution in [3.05, 3.63) is 27.2 Å². The van der Waals surface area contributed by atoms with E-state index in [4.69, 9.17) is 44.6 Å². The normalized spacial score (nSPS) is 10.8. The molecule has 21 heavy (non-hydrogen) atoms. The van der Waals surface area contributed by atoms with Gasteiger partial charge in [-0.25, -0.2) is 0 Å². The van der Waals surface area contributed by atoms with Crippen molar-refractivity contribution in [3.63, 3.8) is 0 Å². The fraction of sp³-hybridized carbons (Fsp3) is 0.500. The molecule has 0 saturated heterocycles. The van der Waals surface area contributed by atoms with E-state index in [0.29, 0.717) is 33.8 Å². The van der Waals surface area contributed by atoms with E-state index in [1.807, 2.05) is 13.8 Å². The number of ether oxygens (including phenoxy) is 1. The molecule has 1 amide bonds. The molecular weight excluding hydrogens is 337 g/mol. The molecule has 0 unspecified atom stereocenters. The predicted octanol–water partition coefficient (Wildman–Crippen LogP) is 3.65. The predicted molar refractivity (Wildman–Crippen MR) is 85.5 cm³/mol. The number of aliphatic hydroxyl groups is 1. The third-order valence-electron chi connectivity index (χ3n) is 2.83. The second-order valence-corrected chi connectivity index (χ2v) is 5.97. The number of aliphatic hydroxyl groups excluding tert-OH is 1. The first-order valence-electron chi connectivity index (χ1n) is 6.54. The van der Waals surface area contributed by atoms with Crippen molar-refractivity contribution in [3.8, 4) is 5.75 Å². The second-order valence-electron chi connectivity index (χ2n) is 4.74. The van der Waals surface area contributed by atoms with Crippen LogP contribution in [-0.2, 0) is 4.79 Å². The van der Waals surface area contributed by atoms with Crippen LogP contribution in [0.2, 0.25) is 15.1 Å². The Morgan fingerprint density at radius 1 is 1.24 bits per heavy atom. The number of hydrogen-bond acceptors (Lipinski definition) is 3. The zero-order valence-electron chi connectivity index (χ0n) is 11.9. The summed E-state index contributed by atoms with van der Waals surface area (Å²) in [5.74, 6) is 0.130. The summed E-state index contributed by atoms with van der Waals surface area (Å²) in [6.45, 7) is 4.17. The van der Waals surface area contributed by atoms with Crippen LogP contribution in [0.15, 0.2) is 12.1 Å². The molecule has 1 rings (SSSR count). The third-order valence-corrected chi connectivity index (χ3v) is 3.84. The molecule has 4 nitrogen and oxygen atoms in total. The summed E-state index contributed by atoms with van der Waals surface area (Å²) < 4.78 is 5.42. The minimum absolute atomic E-state index is 0.0249. The van der Waals surface area contributed by atoms with Gasteiger partial charge in [0.1, 0.15) is 5.75 Å². The van der Waals surface area contributed by atoms with Crippen LogP contribution in [0, 0.1) is 0 Å². The van der Waals surface area contributed by atoms with Gasteiger partial charge in [-0.15, -0.1) is 0 Å². The standard InChI is InChI=1S/C14H18Cl3NO3/c1-9(2)18(4-3-5-19)14(20)8-21-13-7-11(16)10(15)6-12(13)17/h6-7,9,19H,3-5,8H2,1-2H3. The summed E-state index contributed by atoms with van der Waals surface area (Å²) in [6, 6.07) is 2.97. The lowest BCUT2D eigenvalue weighted by molar-refractivity contribution is -0.135. The lowest BCUT2D eigenvalue weighted by Gasteiger charge is -2.26. The maximum atomic E-state index is 12.1. The summed E-state index contributed by atoms with van der Waals surface area (Å²) in [7, 11) is 0. The van der Waals surface area contributed by atoms with E-state index in [1.54, 1.807) is 4.90 Å². The number of carbonyl (C=O) groups is 1. The monoisotopic (exact) mass is 353 g/mol. The van der Waals surface area contributed by atoms with Gasteiger partial charge in [-0.2, -0.15) is 0 Å². The van der Waals surface area contributed by atoms with Gasteiger partial charge >= 0.3 is 0 Å². The van der Waals surface area contributed by atoms with Crippen molar-refractivity contribution in [2.45, 2.75) is 26.3 Å². The van der Waals surface area contributed by atoms with Gasteiger partial charge in [0.05, 0.1) is 15.1 Å². The fourth-order valence-corrected chi connectivity index (χ4v) is 2.34. The van der Waals surface area contributed by atoms with E-state index in [2.05, 4.69) is 0 Å². The van der Waals surface area contributed by atoms with Gasteiger partial charge in [-0.05, 0) is 26.3 Å². The van der Waals surface area contributed by atoms with Crippen LogP contribution in [0.3, 0.4) is 0 Å². The topological polar surface area (TPSA) is 49.8 Å². The van der Waals surface area contributed by atoms with Gasteiger partial charge < -0.3 is 14.7 Å². The number of carbonyl (C=O) groups excluding carboxylic acids is 1. The summed E-state index contributed by atoms with van der Waals surface area (Å²) >= 11 is 17.7. The molecule has 0 saturated carbocycles. The van der Waals surface area contributed by atoms with Crippen molar-refractivity contribution in [1.82, 2.24) is 4.90 Å². The summed E-state index contributed by atoms with van der Waals surface area (Å²) in [6.07, 6.45) is 0.525. The van der Waals surface area contributed by atoms with Crippen LogP contribution < -0.4 is 4.74 Å². The van der Waals surface area contributed by atoms with Gasteiger partial charge in [0.25, 0.3) is 5.91 Å². The SMILES string of the molecule is CC(C)N(CCCO)C(=O)COc1cc(Cl)c(Cl)cc1Cl. The van der Waals surface area contributed by atoms with Crippen LogP contribution in [0.25, 0.3) is 0 Å². The fourth-order valence-electron chi connectivity index (χ4n) is 1.75. The van der Waals surface area contributed by atoms with Gasteiger partial charge in [-0.1, -0.05) is 34.8 Å². The van der Waals surface area contributed by atoms with Gasteiger partial charge in [0.2, 0.25) is 0 Å². The molecule has 7 heteroatoms. The molecule has 0 radical (unpaired) electrons. The molecule has 0 bridgehead atoms. The van der Waals surface area contributed by atoms with E-state index in [9.17, 15) is 4.79 Å². The molecular formula is C14H18Cl3NO3. The molecule has 0 atom stereocenters. The van der Waals surface area contributed by atoms with E-state index in [-0.39, 0.29) is 25.2 Å². The molecule has 118 valence electrons. The molecule has 0 aliphatic carbocycles. The van der Waals surface area contributed by atoms with Crippen LogP contribution in [0.1, 0.15) is 20.3 Å². The van der Waals surface area contributed by atoms with E-state index >= 15 is 0 Å². The highest BCUT2D eigenvalue weighted by molar-refractivity contribution is 6.43. The largest absolute Gasteiger partial charge is 0.482 e. The van der Waals surface area contributed by atoms with Crippen molar-refractivity contribution < 1.29 is 14.6 Å². The Labute approximate surface area is 139 Å². The first kappa shape index (κ1) is 18.4. The molecule has 0 spiro atoms. The minimum atomic E-state index is -0.180. The molecule has 0 heterocycles. The number of nitrogens with zero attached hydrogens (tertiary/aromatic N) is 1. The Morgan fingerprint density at radius 3 is 2.43 bits per heavy atom. The average Bonchev–Trinajstić information content (AvgIpc) is 2.41. The van der Waals surface area contributed by atoms with Gasteiger partial charge in [0, 0.05) is 25.3 Å². The lowest BCUT2D eigenvalue weighted by Crippen LogP contribution is -2.40. The second kappa shape index (κ2) is 8.69. The highest BCUT2D eigenvalue weighted by Crippen LogP contribution is 2.33. The Kier molecular flexibility index (Phi) is 7.60. The van der Waals surface area contributed by atoms with Crippen LogP contribution in [0.5, 0.6) is 5.75 Å². The van der Waals surface area contributed by atoms with Gasteiger partial charge in [0.15, 0.2) is 6.61 Å². The molecule has 1 N–H and O–H groups in total. The molecule has 0 fully saturated rings. The van der Waals surface area contributed by atoms with Crippen molar-refractivity contribution in [1.29, 1.82) is 0 Å². The highest BCUT2D eigenvalue weighted by Gasteiger charge is 2.18. The maximum Gasteiger partial charge on any atom is 0.260 e. The smallest absolute Gasteiger partial charge is 0.260 e. The number of rotatable bonds is 7. The first-order chi connectivity index (χ1) is 9.86. The number of hydrogen-bond donors (Lipinski definition) is 1. The Hall–Kier alpha value is -0.680. The molecule has 0 aliphatic rings. The summed E-state index contributed by atoms with van der Waals surface area (Å²) in [5.41, 5.74) is 0. The van der Waals surface area contributed by atoms with Crippen molar-refractivity contribution in [2.24, 2.45) is 0 Å². The zero-order valence-corrected chi connectivity index (χ0v) is 14.2. The molecule has 0 aromatic heterocycles. The number of halogens is 3. The Bertz CT molecular complexity index is 495. The van der Waals surface area contributed by atoms with E-state index < -0.39 is 0 Å². The van der Waals surface area contributed by atoms with E-state index in [0.717, 1.165) is 0 Å². The quantitative estimate of drug-likeness (QED) is 0.760. The van der Waals surface area contributed by atoms with Crippen LogP contribution in [-0.4, -0.2) is 41.7 Å².